The third-order valence-corrected chi connectivity index (χ3v) is 6.30. The monoisotopic (exact) mass is 502 g/mol. The van der Waals surface area contributed by atoms with E-state index in [1.807, 2.05) is 100 Å². The second-order valence-electron chi connectivity index (χ2n) is 8.82. The molecule has 0 unspecified atom stereocenters. The lowest BCUT2D eigenvalue weighted by Gasteiger charge is -2.10. The van der Waals surface area contributed by atoms with E-state index >= 15 is 0 Å². The van der Waals surface area contributed by atoms with Crippen molar-refractivity contribution in [3.63, 3.8) is 0 Å². The van der Waals surface area contributed by atoms with Crippen molar-refractivity contribution in [3.8, 4) is 28.3 Å². The topological polar surface area (TPSA) is 93.0 Å². The molecule has 0 amide bonds. The van der Waals surface area contributed by atoms with Crippen LogP contribution in [-0.4, -0.2) is 30.7 Å². The van der Waals surface area contributed by atoms with Crippen molar-refractivity contribution < 1.29 is 9.47 Å². The Morgan fingerprint density at radius 1 is 0.842 bits per heavy atom. The molecular weight excluding hydrogens is 476 g/mol. The molecule has 6 rings (SSSR count). The number of rotatable bonds is 9. The molecule has 0 saturated heterocycles. The van der Waals surface area contributed by atoms with E-state index in [-0.39, 0.29) is 0 Å². The number of nitrogen functional groups attached to an aromatic ring is 1. The van der Waals surface area contributed by atoms with E-state index in [0.29, 0.717) is 19.0 Å². The lowest BCUT2D eigenvalue weighted by molar-refractivity contribution is 0.298. The zero-order valence-corrected chi connectivity index (χ0v) is 20.6. The number of hydrogen-bond donors (Lipinski definition) is 1. The van der Waals surface area contributed by atoms with E-state index in [9.17, 15) is 0 Å². The first-order chi connectivity index (χ1) is 18.7. The highest BCUT2D eigenvalue weighted by Gasteiger charge is 2.16. The Kier molecular flexibility index (Phi) is 6.42. The molecule has 0 radical (unpaired) electrons. The van der Waals surface area contributed by atoms with Gasteiger partial charge in [0.05, 0.1) is 23.9 Å². The predicted octanol–water partition coefficient (Wildman–Crippen LogP) is 5.52. The molecule has 0 spiro atoms. The van der Waals surface area contributed by atoms with Gasteiger partial charge in [-0.3, -0.25) is 0 Å². The maximum Gasteiger partial charge on any atom is 0.150 e. The summed E-state index contributed by atoms with van der Waals surface area (Å²) in [5, 5.41) is 0.803. The summed E-state index contributed by atoms with van der Waals surface area (Å²) in [5.74, 6) is 2.00. The number of nitrogens with two attached hydrogens (primary N) is 1. The van der Waals surface area contributed by atoms with E-state index in [1.54, 1.807) is 12.5 Å². The summed E-state index contributed by atoms with van der Waals surface area (Å²) in [4.78, 5) is 12.9. The Balaban J connectivity index is 1.27. The van der Waals surface area contributed by atoms with Crippen LogP contribution in [0, 0.1) is 0 Å². The van der Waals surface area contributed by atoms with Crippen LogP contribution in [0.15, 0.2) is 110 Å². The normalized spacial score (nSPS) is 11.1. The summed E-state index contributed by atoms with van der Waals surface area (Å²) < 4.78 is 16.0. The zero-order chi connectivity index (χ0) is 25.7. The second-order valence-corrected chi connectivity index (χ2v) is 8.82. The summed E-state index contributed by atoms with van der Waals surface area (Å²) in [7, 11) is 0. The Bertz CT molecular complexity index is 1640. The molecule has 188 valence electrons. The van der Waals surface area contributed by atoms with E-state index in [1.165, 1.54) is 6.33 Å². The van der Waals surface area contributed by atoms with E-state index < -0.39 is 0 Å². The van der Waals surface area contributed by atoms with Crippen LogP contribution in [0.5, 0.6) is 11.5 Å². The van der Waals surface area contributed by atoms with Gasteiger partial charge < -0.3 is 24.3 Å². The van der Waals surface area contributed by atoms with Crippen LogP contribution in [0.2, 0.25) is 0 Å². The van der Waals surface area contributed by atoms with Gasteiger partial charge in [0.1, 0.15) is 36.9 Å². The fourth-order valence-corrected chi connectivity index (χ4v) is 4.38. The van der Waals surface area contributed by atoms with Gasteiger partial charge in [-0.05, 0) is 35.4 Å². The molecule has 2 N–H and O–H groups in total. The molecule has 6 aromatic rings. The van der Waals surface area contributed by atoms with Gasteiger partial charge in [0.15, 0.2) is 5.65 Å². The van der Waals surface area contributed by atoms with Crippen LogP contribution < -0.4 is 15.2 Å². The van der Waals surface area contributed by atoms with Crippen LogP contribution in [0.1, 0.15) is 5.56 Å². The number of ether oxygens (including phenoxy) is 2. The first kappa shape index (κ1) is 23.3. The van der Waals surface area contributed by atoms with Crippen molar-refractivity contribution in [2.24, 2.45) is 0 Å². The van der Waals surface area contributed by atoms with Crippen LogP contribution in [0.3, 0.4) is 0 Å². The average molecular weight is 503 g/mol. The Morgan fingerprint density at radius 2 is 1.71 bits per heavy atom. The SMILES string of the molecule is Nc1ncnc2c1c(-c1ccc(OCc3ccccc3)cc1)cn2-c1cccc(OCCn2ccnc2)c1. The standard InChI is InChI=1S/C30H26N6O2/c31-29-28-27(23-9-11-25(12-10-23)38-19-22-5-2-1-3-6-22)18-36(30(28)34-20-33-29)24-7-4-8-26(17-24)37-16-15-35-14-13-32-21-35/h1-14,17-18,20-21H,15-16,19H2,(H2,31,33,34). The molecule has 0 bridgehead atoms. The smallest absolute Gasteiger partial charge is 0.150 e. The highest BCUT2D eigenvalue weighted by molar-refractivity contribution is 6.01. The van der Waals surface area contributed by atoms with Gasteiger partial charge in [0.25, 0.3) is 0 Å². The van der Waals surface area contributed by atoms with Crippen LogP contribution in [0.4, 0.5) is 5.82 Å². The third kappa shape index (κ3) is 4.92. The summed E-state index contributed by atoms with van der Waals surface area (Å²) in [5.41, 5.74) is 11.1. The fourth-order valence-electron chi connectivity index (χ4n) is 4.38. The number of nitrogens with zero attached hydrogens (tertiary/aromatic N) is 5. The third-order valence-electron chi connectivity index (χ3n) is 6.30. The molecular formula is C30H26N6O2. The molecule has 0 aliphatic carbocycles. The molecule has 0 atom stereocenters. The van der Waals surface area contributed by atoms with Gasteiger partial charge in [-0.25, -0.2) is 15.0 Å². The summed E-state index contributed by atoms with van der Waals surface area (Å²) >= 11 is 0. The van der Waals surface area contributed by atoms with Crippen LogP contribution >= 0.6 is 0 Å². The fraction of sp³-hybridized carbons (Fsp3) is 0.100. The van der Waals surface area contributed by atoms with Gasteiger partial charge in [-0.15, -0.1) is 0 Å². The predicted molar refractivity (Wildman–Crippen MR) is 147 cm³/mol. The molecule has 0 fully saturated rings. The Morgan fingerprint density at radius 3 is 2.53 bits per heavy atom. The number of anilines is 1. The summed E-state index contributed by atoms with van der Waals surface area (Å²) in [6.07, 6.45) is 8.98. The molecule has 8 heteroatoms. The quantitative estimate of drug-likeness (QED) is 0.280. The summed E-state index contributed by atoms with van der Waals surface area (Å²) in [6.45, 7) is 1.77. The zero-order valence-electron chi connectivity index (χ0n) is 20.6. The Labute approximate surface area is 220 Å². The minimum absolute atomic E-state index is 0.431. The van der Waals surface area contributed by atoms with Crippen molar-refractivity contribution >= 4 is 16.9 Å². The minimum Gasteiger partial charge on any atom is -0.492 e. The van der Waals surface area contributed by atoms with Crippen molar-refractivity contribution in [3.05, 3.63) is 116 Å². The number of aromatic nitrogens is 5. The number of hydrogen-bond acceptors (Lipinski definition) is 6. The molecule has 3 aromatic carbocycles. The molecule has 8 nitrogen and oxygen atoms in total. The average Bonchev–Trinajstić information content (AvgIpc) is 3.62. The lowest BCUT2D eigenvalue weighted by atomic mass is 10.1. The van der Waals surface area contributed by atoms with Gasteiger partial charge in [0, 0.05) is 30.2 Å². The van der Waals surface area contributed by atoms with Crippen LogP contribution in [0.25, 0.3) is 27.8 Å². The van der Waals surface area contributed by atoms with E-state index in [4.69, 9.17) is 15.2 Å². The highest BCUT2D eigenvalue weighted by atomic mass is 16.5. The second kappa shape index (κ2) is 10.5. The lowest BCUT2D eigenvalue weighted by Crippen LogP contribution is -2.06. The van der Waals surface area contributed by atoms with Gasteiger partial charge in [0.2, 0.25) is 0 Å². The first-order valence-electron chi connectivity index (χ1n) is 12.3. The minimum atomic E-state index is 0.431. The molecule has 38 heavy (non-hydrogen) atoms. The first-order valence-corrected chi connectivity index (χ1v) is 12.3. The maximum atomic E-state index is 6.35. The molecule has 0 aliphatic heterocycles. The highest BCUT2D eigenvalue weighted by Crippen LogP contribution is 2.35. The van der Waals surface area contributed by atoms with Gasteiger partial charge in [-0.2, -0.15) is 0 Å². The van der Waals surface area contributed by atoms with Crippen molar-refractivity contribution in [2.75, 3.05) is 12.3 Å². The molecule has 0 aliphatic rings. The van der Waals surface area contributed by atoms with Crippen LogP contribution in [-0.2, 0) is 13.2 Å². The number of fused-ring (bicyclic) bond motifs is 1. The van der Waals surface area contributed by atoms with Crippen molar-refractivity contribution in [1.29, 1.82) is 0 Å². The molecule has 3 aromatic heterocycles. The van der Waals surface area contributed by atoms with Crippen molar-refractivity contribution in [1.82, 2.24) is 24.1 Å². The van der Waals surface area contributed by atoms with E-state index in [0.717, 1.165) is 51.5 Å². The van der Waals surface area contributed by atoms with E-state index in [2.05, 4.69) is 15.0 Å². The number of benzene rings is 3. The van der Waals surface area contributed by atoms with Crippen molar-refractivity contribution in [2.45, 2.75) is 13.2 Å². The number of imidazole rings is 1. The molecule has 3 heterocycles. The maximum absolute atomic E-state index is 6.35. The summed E-state index contributed by atoms with van der Waals surface area (Å²) in [6, 6.07) is 26.0. The Hall–Kier alpha value is -5.11. The largest absolute Gasteiger partial charge is 0.492 e. The molecule has 0 saturated carbocycles. The van der Waals surface area contributed by atoms with Gasteiger partial charge >= 0.3 is 0 Å². The van der Waals surface area contributed by atoms with Gasteiger partial charge in [-0.1, -0.05) is 48.5 Å².